The molecule has 0 aliphatic carbocycles. The van der Waals surface area contributed by atoms with E-state index >= 15 is 0 Å². The molecule has 4 heteroatoms. The summed E-state index contributed by atoms with van der Waals surface area (Å²) in [5, 5.41) is 0. The summed E-state index contributed by atoms with van der Waals surface area (Å²) >= 11 is 0. The van der Waals surface area contributed by atoms with Gasteiger partial charge in [-0.05, 0) is 0 Å². The quantitative estimate of drug-likeness (QED) is 0.292. The summed E-state index contributed by atoms with van der Waals surface area (Å²) in [6.07, 6.45) is 0. The molecular weight excluding hydrogens is 91.9 g/mol. The molecule has 0 spiro atoms. The molecule has 0 amide bonds. The van der Waals surface area contributed by atoms with Crippen molar-refractivity contribution >= 4 is 0 Å². The SMILES string of the molecule is NON.[Ti]. The topological polar surface area (TPSA) is 61.3 Å². The van der Waals surface area contributed by atoms with Gasteiger partial charge in [0.1, 0.15) is 0 Å². The standard InChI is InChI=1S/H4N2O.Ti/c1-3-2;/h1-2H2;. The van der Waals surface area contributed by atoms with Gasteiger partial charge in [-0.1, -0.05) is 0 Å². The van der Waals surface area contributed by atoms with E-state index in [1.165, 1.54) is 0 Å². The molecule has 4 N–H and O–H groups in total. The van der Waals surface area contributed by atoms with E-state index in [4.69, 9.17) is 0 Å². The van der Waals surface area contributed by atoms with Gasteiger partial charge in [0.25, 0.3) is 0 Å². The van der Waals surface area contributed by atoms with E-state index in [9.17, 15) is 0 Å². The Labute approximate surface area is 39.1 Å². The Kier molecular flexibility index (Phi) is 21.0. The van der Waals surface area contributed by atoms with Gasteiger partial charge >= 0.3 is 0 Å². The molecule has 0 unspecified atom stereocenters. The van der Waals surface area contributed by atoms with E-state index in [1.54, 1.807) is 0 Å². The van der Waals surface area contributed by atoms with Crippen molar-refractivity contribution in [3.8, 4) is 0 Å². The molecule has 0 aliphatic heterocycles. The maximum atomic E-state index is 4.12. The summed E-state index contributed by atoms with van der Waals surface area (Å²) in [7, 11) is 0. The van der Waals surface area contributed by atoms with Crippen LogP contribution in [0.5, 0.6) is 0 Å². The molecule has 0 saturated heterocycles. The first-order valence-electron chi connectivity index (χ1n) is 0.471. The predicted molar refractivity (Wildman–Crippen MR) is 9.46 cm³/mol. The summed E-state index contributed by atoms with van der Waals surface area (Å²) in [5.41, 5.74) is 0. The van der Waals surface area contributed by atoms with Crippen LogP contribution in [0.4, 0.5) is 0 Å². The van der Waals surface area contributed by atoms with Gasteiger partial charge in [0.2, 0.25) is 0 Å². The molecule has 0 aromatic heterocycles. The molecule has 0 aliphatic rings. The van der Waals surface area contributed by atoms with E-state index in [0.717, 1.165) is 0 Å². The second-order valence-corrected chi connectivity index (χ2v) is 0.136. The minimum atomic E-state index is 0. The monoisotopic (exact) mass is 96.0 g/mol. The summed E-state index contributed by atoms with van der Waals surface area (Å²) in [5.74, 6) is 8.25. The maximum absolute atomic E-state index is 4.12. The van der Waals surface area contributed by atoms with E-state index in [2.05, 4.69) is 16.7 Å². The Morgan fingerprint density at radius 1 is 1.25 bits per heavy atom. The van der Waals surface area contributed by atoms with E-state index in [-0.39, 0.29) is 21.7 Å². The first kappa shape index (κ1) is 8.82. The predicted octanol–water partition coefficient (Wildman–Crippen LogP) is -1.25. The normalized spacial score (nSPS) is 4.50. The zero-order chi connectivity index (χ0) is 2.71. The smallest absolute Gasteiger partial charge is 0 e. The number of hydrogen-bond donors (Lipinski definition) is 2. The minimum Gasteiger partial charge on any atom is -0.220 e. The van der Waals surface area contributed by atoms with Crippen LogP contribution in [0, 0.1) is 0 Å². The fourth-order valence-corrected chi connectivity index (χ4v) is 0. The van der Waals surface area contributed by atoms with E-state index < -0.39 is 0 Å². The third-order valence-electron chi connectivity index (χ3n) is 0. The molecule has 0 aromatic carbocycles. The molecule has 0 atom stereocenters. The number of hydrogen-bond acceptors (Lipinski definition) is 3. The van der Waals surface area contributed by atoms with Crippen molar-refractivity contribution in [3.63, 3.8) is 0 Å². The Morgan fingerprint density at radius 2 is 1.25 bits per heavy atom. The molecule has 0 bridgehead atoms. The Morgan fingerprint density at radius 3 is 1.25 bits per heavy atom. The van der Waals surface area contributed by atoms with E-state index in [1.807, 2.05) is 0 Å². The van der Waals surface area contributed by atoms with Crippen molar-refractivity contribution in [1.29, 1.82) is 0 Å². The molecular formula is H4N2OTi. The van der Waals surface area contributed by atoms with Gasteiger partial charge in [-0.15, -0.1) is 0 Å². The summed E-state index contributed by atoms with van der Waals surface area (Å²) in [6, 6.07) is 0. The summed E-state index contributed by atoms with van der Waals surface area (Å²) < 4.78 is 0. The van der Waals surface area contributed by atoms with Gasteiger partial charge in [-0.2, -0.15) is 11.8 Å². The maximum Gasteiger partial charge on any atom is 0 e. The first-order valence-corrected chi connectivity index (χ1v) is 0.471. The van der Waals surface area contributed by atoms with Crippen LogP contribution in [0.3, 0.4) is 0 Å². The van der Waals surface area contributed by atoms with Crippen molar-refractivity contribution < 1.29 is 26.7 Å². The van der Waals surface area contributed by atoms with Crippen LogP contribution in [0.2, 0.25) is 0 Å². The average Bonchev–Trinajstić information content (AvgIpc) is 0.918. The molecule has 0 heterocycles. The van der Waals surface area contributed by atoms with Crippen LogP contribution in [-0.2, 0) is 26.7 Å². The van der Waals surface area contributed by atoms with E-state index in [0.29, 0.717) is 0 Å². The Hall–Kier alpha value is 0.594. The zero-order valence-electron chi connectivity index (χ0n) is 2.06. The van der Waals surface area contributed by atoms with Crippen LogP contribution in [0.25, 0.3) is 0 Å². The Balaban J connectivity index is 0. The van der Waals surface area contributed by atoms with Crippen molar-refractivity contribution in [2.24, 2.45) is 11.8 Å². The number of nitrogens with two attached hydrogens (primary N) is 2. The van der Waals surface area contributed by atoms with Gasteiger partial charge in [0.05, 0.1) is 0 Å². The van der Waals surface area contributed by atoms with Gasteiger partial charge in [0, 0.05) is 21.7 Å². The molecule has 4 heavy (non-hydrogen) atoms. The van der Waals surface area contributed by atoms with Crippen molar-refractivity contribution in [2.45, 2.75) is 0 Å². The summed E-state index contributed by atoms with van der Waals surface area (Å²) in [6.45, 7) is 0. The molecule has 0 rings (SSSR count). The minimum absolute atomic E-state index is 0. The van der Waals surface area contributed by atoms with Gasteiger partial charge in [-0.3, -0.25) is 0 Å². The third kappa shape index (κ3) is 18.7. The molecule has 0 aromatic rings. The third-order valence-corrected chi connectivity index (χ3v) is 0. The fraction of sp³-hybridized carbons (Fsp3) is 0. The van der Waals surface area contributed by atoms with Gasteiger partial charge < -0.3 is 0 Å². The van der Waals surface area contributed by atoms with Crippen LogP contribution in [0.1, 0.15) is 0 Å². The molecule has 0 fully saturated rings. The number of rotatable bonds is 0. The van der Waals surface area contributed by atoms with Crippen LogP contribution in [0.15, 0.2) is 0 Å². The zero-order valence-corrected chi connectivity index (χ0v) is 3.62. The van der Waals surface area contributed by atoms with Crippen molar-refractivity contribution in [3.05, 3.63) is 0 Å². The average molecular weight is 95.9 g/mol. The van der Waals surface area contributed by atoms with Crippen LogP contribution < -0.4 is 11.8 Å². The fourth-order valence-electron chi connectivity index (χ4n) is 0. The van der Waals surface area contributed by atoms with Crippen LogP contribution >= 0.6 is 0 Å². The van der Waals surface area contributed by atoms with Crippen molar-refractivity contribution in [2.75, 3.05) is 0 Å². The Bertz CT molecular complexity index is 6.00. The van der Waals surface area contributed by atoms with Crippen molar-refractivity contribution in [1.82, 2.24) is 0 Å². The molecule has 3 nitrogen and oxygen atoms in total. The largest absolute Gasteiger partial charge is 0.220 e. The van der Waals surface area contributed by atoms with Crippen LogP contribution in [-0.4, -0.2) is 0 Å². The molecule has 24 valence electrons. The first-order chi connectivity index (χ1) is 1.41. The second-order valence-electron chi connectivity index (χ2n) is 0.136. The molecule has 0 saturated carbocycles. The van der Waals surface area contributed by atoms with Gasteiger partial charge in [-0.25, -0.2) is 4.94 Å². The second kappa shape index (κ2) is 9.52. The molecule has 0 radical (unpaired) electrons. The summed E-state index contributed by atoms with van der Waals surface area (Å²) in [4.78, 5) is 3.25. The van der Waals surface area contributed by atoms with Gasteiger partial charge in [0.15, 0.2) is 0 Å².